The Balaban J connectivity index is 1.84. The van der Waals surface area contributed by atoms with E-state index in [-0.39, 0.29) is 11.3 Å². The van der Waals surface area contributed by atoms with Crippen LogP contribution in [0, 0.1) is 0 Å². The standard InChI is InChI=1S/C31H27BF3N3O/c1-23(36-22-20-27-19-11-12-21-37-27)28(29(39)24-13-5-2-6-14-24)30(31(33,34)35)38-32(25-15-7-3-8-16-25)26-17-9-4-10-18-26/h2-19,21,36H,20,22H2,1H3. The van der Waals surface area contributed by atoms with Gasteiger partial charge in [-0.3, -0.25) is 9.78 Å². The number of nitrogens with zero attached hydrogens (tertiary/aromatic N) is 2. The number of halogens is 3. The molecule has 4 nitrogen and oxygen atoms in total. The lowest BCUT2D eigenvalue weighted by Gasteiger charge is -2.20. The lowest BCUT2D eigenvalue weighted by Crippen LogP contribution is -2.44. The molecule has 0 bridgehead atoms. The van der Waals surface area contributed by atoms with Crippen molar-refractivity contribution in [2.24, 2.45) is 4.90 Å². The smallest absolute Gasteiger partial charge is 0.388 e. The molecule has 0 aliphatic carbocycles. The summed E-state index contributed by atoms with van der Waals surface area (Å²) >= 11 is 0. The molecule has 8 heteroatoms. The van der Waals surface area contributed by atoms with Crippen LogP contribution in [0.5, 0.6) is 0 Å². The van der Waals surface area contributed by atoms with E-state index in [0.717, 1.165) is 5.69 Å². The Morgan fingerprint density at radius 1 is 0.821 bits per heavy atom. The van der Waals surface area contributed by atoms with Crippen LogP contribution in [0.15, 0.2) is 132 Å². The molecule has 196 valence electrons. The van der Waals surface area contributed by atoms with Gasteiger partial charge in [-0.05, 0) is 30.0 Å². The van der Waals surface area contributed by atoms with Gasteiger partial charge in [-0.2, -0.15) is 13.2 Å². The first-order valence-corrected chi connectivity index (χ1v) is 12.5. The Labute approximate surface area is 226 Å². The monoisotopic (exact) mass is 525 g/mol. The van der Waals surface area contributed by atoms with Gasteiger partial charge >= 0.3 is 13.0 Å². The zero-order chi connectivity index (χ0) is 27.7. The molecule has 4 aromatic rings. The molecule has 1 N–H and O–H groups in total. The van der Waals surface area contributed by atoms with Gasteiger partial charge in [-0.15, -0.1) is 0 Å². The zero-order valence-corrected chi connectivity index (χ0v) is 21.4. The van der Waals surface area contributed by atoms with Crippen molar-refractivity contribution in [1.82, 2.24) is 10.3 Å². The van der Waals surface area contributed by atoms with Crippen molar-refractivity contribution in [3.8, 4) is 0 Å². The van der Waals surface area contributed by atoms with Crippen LogP contribution in [-0.4, -0.2) is 36.0 Å². The van der Waals surface area contributed by atoms with Gasteiger partial charge in [0.15, 0.2) is 5.78 Å². The van der Waals surface area contributed by atoms with Crippen molar-refractivity contribution in [3.05, 3.63) is 138 Å². The van der Waals surface area contributed by atoms with E-state index in [9.17, 15) is 18.0 Å². The van der Waals surface area contributed by atoms with Crippen molar-refractivity contribution in [2.45, 2.75) is 19.5 Å². The predicted molar refractivity (Wildman–Crippen MR) is 151 cm³/mol. The average molecular weight is 525 g/mol. The molecule has 0 aliphatic rings. The number of rotatable bonds is 10. The fourth-order valence-corrected chi connectivity index (χ4v) is 4.22. The highest BCUT2D eigenvalue weighted by molar-refractivity contribution is 6.84. The fourth-order valence-electron chi connectivity index (χ4n) is 4.22. The number of carbonyl (C=O) groups is 1. The number of carbonyl (C=O) groups excluding carboxylic acids is 1. The van der Waals surface area contributed by atoms with Crippen LogP contribution in [-0.2, 0) is 6.42 Å². The van der Waals surface area contributed by atoms with E-state index in [1.807, 2.05) is 12.1 Å². The molecule has 0 atom stereocenters. The topological polar surface area (TPSA) is 54.4 Å². The van der Waals surface area contributed by atoms with Gasteiger partial charge in [0.1, 0.15) is 5.71 Å². The third-order valence-corrected chi connectivity index (χ3v) is 6.13. The van der Waals surface area contributed by atoms with Crippen LogP contribution in [0.3, 0.4) is 0 Å². The number of alkyl halides is 3. The van der Waals surface area contributed by atoms with Gasteiger partial charge in [0.2, 0.25) is 0 Å². The summed E-state index contributed by atoms with van der Waals surface area (Å²) in [6, 6.07) is 31.0. The zero-order valence-electron chi connectivity index (χ0n) is 21.4. The maximum Gasteiger partial charge on any atom is 0.432 e. The van der Waals surface area contributed by atoms with E-state index in [2.05, 4.69) is 15.2 Å². The van der Waals surface area contributed by atoms with E-state index in [1.54, 1.807) is 91.1 Å². The molecule has 0 unspecified atom stereocenters. The number of aromatic nitrogens is 1. The summed E-state index contributed by atoms with van der Waals surface area (Å²) in [6.07, 6.45) is -2.77. The van der Waals surface area contributed by atoms with Crippen molar-refractivity contribution in [1.29, 1.82) is 0 Å². The third-order valence-electron chi connectivity index (χ3n) is 6.13. The Morgan fingerprint density at radius 3 is 1.87 bits per heavy atom. The molecular formula is C31H27BF3N3O. The molecule has 0 aliphatic heterocycles. The highest BCUT2D eigenvalue weighted by Crippen LogP contribution is 2.27. The van der Waals surface area contributed by atoms with Crippen molar-refractivity contribution in [3.63, 3.8) is 0 Å². The number of allylic oxidation sites excluding steroid dienone is 2. The lowest BCUT2D eigenvalue weighted by atomic mass is 9.51. The summed E-state index contributed by atoms with van der Waals surface area (Å²) < 4.78 is 44.5. The Morgan fingerprint density at radius 2 is 1.36 bits per heavy atom. The summed E-state index contributed by atoms with van der Waals surface area (Å²) in [5.74, 6) is -0.755. The minimum absolute atomic E-state index is 0.0933. The van der Waals surface area contributed by atoms with Gasteiger partial charge in [0.05, 0.1) is 5.57 Å². The second-order valence-corrected chi connectivity index (χ2v) is 8.89. The Kier molecular flexibility index (Phi) is 9.10. The first-order chi connectivity index (χ1) is 18.8. The number of benzene rings is 3. The van der Waals surface area contributed by atoms with Crippen LogP contribution in [0.4, 0.5) is 13.2 Å². The number of ketones is 1. The second-order valence-electron chi connectivity index (χ2n) is 8.89. The number of nitrogens with one attached hydrogen (secondary N) is 1. The summed E-state index contributed by atoms with van der Waals surface area (Å²) in [6.45, 7) is 0.805. The third kappa shape index (κ3) is 7.32. The lowest BCUT2D eigenvalue weighted by molar-refractivity contribution is -0.0581. The second kappa shape index (κ2) is 12.9. The van der Waals surface area contributed by atoms with Crippen LogP contribution in [0.1, 0.15) is 23.0 Å². The molecular weight excluding hydrogens is 498 g/mol. The van der Waals surface area contributed by atoms with Gasteiger partial charge in [0, 0.05) is 36.1 Å². The molecule has 0 spiro atoms. The summed E-state index contributed by atoms with van der Waals surface area (Å²) in [4.78, 5) is 22.2. The fraction of sp³-hybridized carbons (Fsp3) is 0.129. The minimum atomic E-state index is -4.90. The Bertz CT molecular complexity index is 1390. The molecule has 0 amide bonds. The van der Waals surface area contributed by atoms with E-state index >= 15 is 0 Å². The van der Waals surface area contributed by atoms with Gasteiger partial charge in [-0.1, -0.05) is 97.1 Å². The number of pyridine rings is 1. The van der Waals surface area contributed by atoms with Gasteiger partial charge < -0.3 is 10.2 Å². The minimum Gasteiger partial charge on any atom is -0.388 e. The highest BCUT2D eigenvalue weighted by atomic mass is 19.4. The van der Waals surface area contributed by atoms with Crippen molar-refractivity contribution < 1.29 is 18.0 Å². The molecule has 3 aromatic carbocycles. The summed E-state index contributed by atoms with van der Waals surface area (Å²) in [5.41, 5.74) is 0.452. The maximum absolute atomic E-state index is 14.8. The maximum atomic E-state index is 14.8. The average Bonchev–Trinajstić information content (AvgIpc) is 2.96. The molecule has 0 saturated heterocycles. The molecule has 0 radical (unpaired) electrons. The van der Waals surface area contributed by atoms with Crippen LogP contribution < -0.4 is 16.2 Å². The van der Waals surface area contributed by atoms with E-state index in [4.69, 9.17) is 0 Å². The molecule has 39 heavy (non-hydrogen) atoms. The van der Waals surface area contributed by atoms with Crippen LogP contribution >= 0.6 is 0 Å². The van der Waals surface area contributed by atoms with Gasteiger partial charge in [-0.25, -0.2) is 0 Å². The van der Waals surface area contributed by atoms with E-state index < -0.39 is 30.1 Å². The molecule has 0 saturated carbocycles. The number of hydrogen-bond acceptors (Lipinski definition) is 4. The van der Waals surface area contributed by atoms with E-state index in [0.29, 0.717) is 23.9 Å². The molecule has 0 fully saturated rings. The first-order valence-electron chi connectivity index (χ1n) is 12.5. The predicted octanol–water partition coefficient (Wildman–Crippen LogP) is 5.18. The van der Waals surface area contributed by atoms with Crippen molar-refractivity contribution in [2.75, 3.05) is 6.54 Å². The SMILES string of the molecule is CC(NCCc1ccccn1)=C(C(=O)c1ccccc1)C(=NB(c1ccccc1)c1ccccc1)C(F)(F)F. The molecule has 4 rings (SSSR count). The van der Waals surface area contributed by atoms with E-state index in [1.165, 1.54) is 19.1 Å². The normalized spacial score (nSPS) is 12.5. The largest absolute Gasteiger partial charge is 0.432 e. The number of Topliss-reactive ketones (excluding diaryl/α,β-unsaturated/α-hetero) is 1. The molecule has 1 heterocycles. The Hall–Kier alpha value is -4.46. The van der Waals surface area contributed by atoms with Gasteiger partial charge in [0.25, 0.3) is 0 Å². The highest BCUT2D eigenvalue weighted by Gasteiger charge is 2.42. The number of hydrogen-bond donors (Lipinski definition) is 1. The molecule has 1 aromatic heterocycles. The first kappa shape index (κ1) is 27.6. The quantitative estimate of drug-likeness (QED) is 0.134. The summed E-state index contributed by atoms with van der Waals surface area (Å²) in [5, 5.41) is 3.03. The van der Waals surface area contributed by atoms with Crippen LogP contribution in [0.25, 0.3) is 0 Å². The van der Waals surface area contributed by atoms with Crippen molar-refractivity contribution >= 4 is 29.3 Å². The summed E-state index contributed by atoms with van der Waals surface area (Å²) in [7, 11) is 0. The van der Waals surface area contributed by atoms with Crippen LogP contribution in [0.2, 0.25) is 0 Å².